The molecule has 48 heavy (non-hydrogen) atoms. The number of rotatable bonds is 38. The predicted molar refractivity (Wildman–Crippen MR) is 189 cm³/mol. The fourth-order valence-electron chi connectivity index (χ4n) is 4.57. The summed E-state index contributed by atoms with van der Waals surface area (Å²) in [6.07, 6.45) is 14.9. The Hall–Kier alpha value is -1.83. The largest absolute Gasteiger partial charge is 0.491 e. The lowest BCUT2D eigenvalue weighted by Gasteiger charge is -2.09. The molecule has 280 valence electrons. The highest BCUT2D eigenvalue weighted by Gasteiger charge is 1.99. The van der Waals surface area contributed by atoms with Gasteiger partial charge in [-0.15, -0.1) is 0 Å². The lowest BCUT2D eigenvalue weighted by Crippen LogP contribution is -2.15. The van der Waals surface area contributed by atoms with E-state index in [1.54, 1.807) is 24.3 Å². The van der Waals surface area contributed by atoms with Gasteiger partial charge in [0.25, 0.3) is 0 Å². The van der Waals surface area contributed by atoms with Crippen molar-refractivity contribution in [2.75, 3.05) is 118 Å². The summed E-state index contributed by atoms with van der Waals surface area (Å²) in [7, 11) is 0. The Balaban J connectivity index is 1.65. The molecule has 0 bridgehead atoms. The van der Waals surface area contributed by atoms with Crippen LogP contribution in [0.1, 0.15) is 84.5 Å². The predicted octanol–water partition coefficient (Wildman–Crippen LogP) is 6.47. The van der Waals surface area contributed by atoms with Crippen molar-refractivity contribution >= 4 is 11.6 Å². The molecule has 0 radical (unpaired) electrons. The van der Waals surface area contributed by atoms with E-state index in [1.165, 1.54) is 71.1 Å². The van der Waals surface area contributed by atoms with Gasteiger partial charge in [-0.25, -0.2) is 0 Å². The van der Waals surface area contributed by atoms with E-state index in [-0.39, 0.29) is 5.91 Å². The summed E-state index contributed by atoms with van der Waals surface area (Å²) in [5.74, 6) is 0.620. The maximum atomic E-state index is 11.0. The molecule has 0 aliphatic carbocycles. The Kier molecular flexibility index (Phi) is 33.6. The zero-order valence-electron chi connectivity index (χ0n) is 30.2. The molecule has 1 amide bonds. The van der Waals surface area contributed by atoms with Crippen molar-refractivity contribution in [2.24, 2.45) is 0 Å². The maximum absolute atomic E-state index is 11.0. The van der Waals surface area contributed by atoms with Gasteiger partial charge < -0.3 is 47.9 Å². The van der Waals surface area contributed by atoms with Gasteiger partial charge in [0.1, 0.15) is 12.4 Å². The van der Waals surface area contributed by atoms with Crippen molar-refractivity contribution in [2.45, 2.75) is 84.5 Å². The number of unbranched alkanes of at least 4 members (excludes halogenated alkanes) is 10. The number of anilines is 1. The number of carbonyl (C=O) groups is 1. The van der Waals surface area contributed by atoms with Crippen LogP contribution in [0.3, 0.4) is 0 Å². The van der Waals surface area contributed by atoms with Gasteiger partial charge >= 0.3 is 0 Å². The van der Waals surface area contributed by atoms with Crippen LogP contribution in [0.25, 0.3) is 0 Å². The number of nitrogens with one attached hydrogen (secondary N) is 1. The van der Waals surface area contributed by atoms with Gasteiger partial charge in [-0.05, 0) is 30.7 Å². The summed E-state index contributed by atoms with van der Waals surface area (Å²) in [5, 5.41) is 2.72. The van der Waals surface area contributed by atoms with E-state index in [1.807, 2.05) is 0 Å². The molecule has 0 saturated heterocycles. The van der Waals surface area contributed by atoms with Crippen LogP contribution in [0.15, 0.2) is 24.3 Å². The summed E-state index contributed by atoms with van der Waals surface area (Å²) in [6.45, 7) is 13.0. The highest BCUT2D eigenvalue weighted by molar-refractivity contribution is 5.88. The number of carbonyl (C=O) groups excluding carboxylic acids is 1. The Labute approximate surface area is 290 Å². The zero-order chi connectivity index (χ0) is 34.4. The molecule has 0 unspecified atom stereocenters. The average molecular weight is 686 g/mol. The zero-order valence-corrected chi connectivity index (χ0v) is 30.2. The third kappa shape index (κ3) is 32.7. The first-order valence-corrected chi connectivity index (χ1v) is 18.3. The van der Waals surface area contributed by atoms with E-state index in [9.17, 15) is 4.79 Å². The van der Waals surface area contributed by atoms with Crippen molar-refractivity contribution in [3.63, 3.8) is 0 Å². The van der Waals surface area contributed by atoms with Crippen LogP contribution in [0.5, 0.6) is 5.75 Å². The van der Waals surface area contributed by atoms with Crippen LogP contribution in [0.2, 0.25) is 0 Å². The normalized spacial score (nSPS) is 11.3. The van der Waals surface area contributed by atoms with Crippen LogP contribution in [0.4, 0.5) is 5.69 Å². The summed E-state index contributed by atoms with van der Waals surface area (Å²) in [4.78, 5) is 11.0. The van der Waals surface area contributed by atoms with Crippen LogP contribution in [-0.2, 0) is 42.7 Å². The number of ether oxygens (including phenoxy) is 9. The molecule has 0 fully saturated rings. The molecule has 1 aromatic rings. The Morgan fingerprint density at radius 2 is 0.750 bits per heavy atom. The molecular formula is C37H67NO10. The van der Waals surface area contributed by atoms with Crippen molar-refractivity contribution in [3.8, 4) is 5.75 Å². The maximum Gasteiger partial charge on any atom is 0.221 e. The molecule has 11 heteroatoms. The van der Waals surface area contributed by atoms with Crippen LogP contribution in [0, 0.1) is 0 Å². The smallest absolute Gasteiger partial charge is 0.221 e. The summed E-state index contributed by atoms with van der Waals surface area (Å²) in [5.41, 5.74) is 0.737. The van der Waals surface area contributed by atoms with Crippen molar-refractivity contribution in [3.05, 3.63) is 24.3 Å². The lowest BCUT2D eigenvalue weighted by molar-refractivity contribution is -0.114. The Bertz CT molecular complexity index is 799. The van der Waals surface area contributed by atoms with Gasteiger partial charge in [0.15, 0.2) is 0 Å². The van der Waals surface area contributed by atoms with E-state index in [4.69, 9.17) is 42.6 Å². The van der Waals surface area contributed by atoms with Crippen molar-refractivity contribution < 1.29 is 47.4 Å². The van der Waals surface area contributed by atoms with Gasteiger partial charge in [0, 0.05) is 19.2 Å². The van der Waals surface area contributed by atoms with Gasteiger partial charge in [0.2, 0.25) is 5.91 Å². The number of amides is 1. The average Bonchev–Trinajstić information content (AvgIpc) is 3.08. The number of hydrogen-bond acceptors (Lipinski definition) is 10. The third-order valence-corrected chi connectivity index (χ3v) is 7.17. The quantitative estimate of drug-likeness (QED) is 0.0778. The molecular weight excluding hydrogens is 618 g/mol. The molecule has 11 nitrogen and oxygen atoms in total. The molecule has 1 N–H and O–H groups in total. The minimum Gasteiger partial charge on any atom is -0.491 e. The lowest BCUT2D eigenvalue weighted by atomic mass is 10.1. The summed E-state index contributed by atoms with van der Waals surface area (Å²) >= 11 is 0. The van der Waals surface area contributed by atoms with E-state index >= 15 is 0 Å². The number of hydrogen-bond donors (Lipinski definition) is 1. The fourth-order valence-corrected chi connectivity index (χ4v) is 4.57. The highest BCUT2D eigenvalue weighted by Crippen LogP contribution is 2.15. The molecule has 0 aliphatic rings. The van der Waals surface area contributed by atoms with Crippen molar-refractivity contribution in [1.29, 1.82) is 0 Å². The van der Waals surface area contributed by atoms with E-state index in [2.05, 4.69) is 12.2 Å². The third-order valence-electron chi connectivity index (χ3n) is 7.17. The molecule has 0 atom stereocenters. The topological polar surface area (TPSA) is 112 Å². The first-order valence-electron chi connectivity index (χ1n) is 18.3. The molecule has 0 heterocycles. The molecule has 1 aromatic carbocycles. The highest BCUT2D eigenvalue weighted by atomic mass is 16.6. The molecule has 0 aliphatic heterocycles. The van der Waals surface area contributed by atoms with Gasteiger partial charge in [0.05, 0.1) is 99.1 Å². The van der Waals surface area contributed by atoms with Crippen LogP contribution in [-0.4, -0.2) is 118 Å². The SMILES string of the molecule is CCCCCCCCCCCCCOCCOCCOCCOCCOCCOCCOCCOCCOc1ccc(NC(C)=O)cc1. The van der Waals surface area contributed by atoms with Crippen LogP contribution >= 0.6 is 0 Å². The van der Waals surface area contributed by atoms with Gasteiger partial charge in [-0.3, -0.25) is 4.79 Å². The van der Waals surface area contributed by atoms with Crippen molar-refractivity contribution in [1.82, 2.24) is 0 Å². The molecule has 0 aromatic heterocycles. The first kappa shape index (κ1) is 44.2. The second kappa shape index (κ2) is 36.5. The van der Waals surface area contributed by atoms with Gasteiger partial charge in [-0.2, -0.15) is 0 Å². The monoisotopic (exact) mass is 685 g/mol. The number of benzene rings is 1. The minimum absolute atomic E-state index is 0.103. The summed E-state index contributed by atoms with van der Waals surface area (Å²) in [6, 6.07) is 7.20. The van der Waals surface area contributed by atoms with Crippen LogP contribution < -0.4 is 10.1 Å². The molecule has 0 saturated carbocycles. The fraction of sp³-hybridized carbons (Fsp3) is 0.811. The van der Waals surface area contributed by atoms with E-state index < -0.39 is 0 Å². The van der Waals surface area contributed by atoms with E-state index in [0.717, 1.165) is 24.5 Å². The Morgan fingerprint density at radius 1 is 0.438 bits per heavy atom. The second-order valence-corrected chi connectivity index (χ2v) is 11.5. The van der Waals surface area contributed by atoms with E-state index in [0.29, 0.717) is 106 Å². The molecule has 1 rings (SSSR count). The molecule has 0 spiro atoms. The standard InChI is InChI=1S/C37H67NO10/c1-3-4-5-6-7-8-9-10-11-12-13-18-40-19-20-41-21-22-42-23-24-43-25-26-44-27-28-45-29-30-46-31-32-47-33-34-48-37-16-14-36(15-17-37)38-35(2)39/h14-17H,3-13,18-34H2,1-2H3,(H,38,39). The van der Waals surface area contributed by atoms with Gasteiger partial charge in [-0.1, -0.05) is 71.1 Å². The Morgan fingerprint density at radius 3 is 1.10 bits per heavy atom. The first-order chi connectivity index (χ1) is 23.7. The minimum atomic E-state index is -0.103. The second-order valence-electron chi connectivity index (χ2n) is 11.5. The summed E-state index contributed by atoms with van der Waals surface area (Å²) < 4.78 is 49.8.